The fourth-order valence-corrected chi connectivity index (χ4v) is 10.3. The first kappa shape index (κ1) is 26.5. The molecule has 1 aromatic rings. The molecule has 208 valence electrons. The van der Waals surface area contributed by atoms with E-state index in [9.17, 15) is 9.59 Å². The van der Waals surface area contributed by atoms with Gasteiger partial charge in [-0.3, -0.25) is 0 Å². The number of benzene rings is 1. The molecule has 1 spiro atoms. The van der Waals surface area contributed by atoms with E-state index in [1.807, 2.05) is 30.3 Å². The van der Waals surface area contributed by atoms with Crippen LogP contribution in [0.2, 0.25) is 0 Å². The number of hydrogen-bond acceptors (Lipinski definition) is 5. The summed E-state index contributed by atoms with van der Waals surface area (Å²) in [4.78, 5) is 24.6. The van der Waals surface area contributed by atoms with Crippen LogP contribution in [0.1, 0.15) is 95.3 Å². The third kappa shape index (κ3) is 4.27. The van der Waals surface area contributed by atoms with E-state index in [4.69, 9.17) is 14.2 Å². The molecule has 1 heterocycles. The number of ether oxygens (including phenoxy) is 3. The van der Waals surface area contributed by atoms with Gasteiger partial charge in [0.15, 0.2) is 5.79 Å². The summed E-state index contributed by atoms with van der Waals surface area (Å²) >= 11 is 0. The van der Waals surface area contributed by atoms with E-state index in [1.54, 1.807) is 0 Å². The third-order valence-corrected chi connectivity index (χ3v) is 12.2. The highest BCUT2D eigenvalue weighted by molar-refractivity contribution is 5.89. The summed E-state index contributed by atoms with van der Waals surface area (Å²) in [5.74, 6) is 2.51. The molecule has 0 radical (unpaired) electrons. The molecular formula is C33H46O5. The molecule has 1 saturated heterocycles. The van der Waals surface area contributed by atoms with E-state index in [1.165, 1.54) is 25.7 Å². The maximum atomic E-state index is 13.4. The summed E-state index contributed by atoms with van der Waals surface area (Å²) in [6.45, 7) is 8.80. The molecule has 5 aliphatic rings. The summed E-state index contributed by atoms with van der Waals surface area (Å²) in [5.41, 5.74) is 1.12. The van der Waals surface area contributed by atoms with Crippen LogP contribution in [0.3, 0.4) is 0 Å². The molecule has 0 amide bonds. The number of esters is 1. The molecule has 6 unspecified atom stereocenters. The van der Waals surface area contributed by atoms with Crippen LogP contribution in [-0.4, -0.2) is 37.4 Å². The van der Waals surface area contributed by atoms with Gasteiger partial charge >= 0.3 is 5.97 Å². The van der Waals surface area contributed by atoms with Gasteiger partial charge in [-0.25, -0.2) is 4.79 Å². The molecule has 4 aliphatic carbocycles. The fourth-order valence-electron chi connectivity index (χ4n) is 10.3. The molecular weight excluding hydrogens is 476 g/mol. The first-order valence-corrected chi connectivity index (χ1v) is 15.3. The number of carbonyl (C=O) groups excluding carboxylic acids is 2. The van der Waals surface area contributed by atoms with Gasteiger partial charge in [0.2, 0.25) is 0 Å². The fraction of sp³-hybridized carbons (Fsp3) is 0.758. The quantitative estimate of drug-likeness (QED) is 0.302. The highest BCUT2D eigenvalue weighted by Crippen LogP contribution is 2.69. The molecule has 5 fully saturated rings. The lowest BCUT2D eigenvalue weighted by molar-refractivity contribution is -0.242. The second-order valence-corrected chi connectivity index (χ2v) is 13.8. The highest BCUT2D eigenvalue weighted by atomic mass is 16.7. The Morgan fingerprint density at radius 2 is 1.76 bits per heavy atom. The van der Waals surface area contributed by atoms with Crippen LogP contribution in [0.5, 0.6) is 0 Å². The normalized spacial score (nSPS) is 42.1. The maximum Gasteiger partial charge on any atom is 0.338 e. The molecule has 38 heavy (non-hydrogen) atoms. The van der Waals surface area contributed by atoms with Gasteiger partial charge in [-0.2, -0.15) is 0 Å². The number of aldehydes is 1. The van der Waals surface area contributed by atoms with Crippen molar-refractivity contribution in [2.45, 2.75) is 96.9 Å². The van der Waals surface area contributed by atoms with Crippen molar-refractivity contribution in [1.29, 1.82) is 0 Å². The van der Waals surface area contributed by atoms with Crippen molar-refractivity contribution >= 4 is 12.3 Å². The van der Waals surface area contributed by atoms with Gasteiger partial charge in [-0.05, 0) is 97.5 Å². The van der Waals surface area contributed by atoms with E-state index in [0.29, 0.717) is 60.7 Å². The lowest BCUT2D eigenvalue weighted by Crippen LogP contribution is -2.60. The predicted molar refractivity (Wildman–Crippen MR) is 145 cm³/mol. The Morgan fingerprint density at radius 1 is 1.03 bits per heavy atom. The largest absolute Gasteiger partial charge is 0.458 e. The maximum absolute atomic E-state index is 13.4. The van der Waals surface area contributed by atoms with Gasteiger partial charge < -0.3 is 19.0 Å². The molecule has 5 nitrogen and oxygen atoms in total. The van der Waals surface area contributed by atoms with Crippen molar-refractivity contribution in [3.05, 3.63) is 35.9 Å². The van der Waals surface area contributed by atoms with E-state index < -0.39 is 5.79 Å². The van der Waals surface area contributed by atoms with E-state index in [2.05, 4.69) is 20.8 Å². The van der Waals surface area contributed by atoms with Crippen molar-refractivity contribution in [2.24, 2.45) is 46.3 Å². The molecule has 4 saturated carbocycles. The summed E-state index contributed by atoms with van der Waals surface area (Å²) in [5, 5.41) is 0. The third-order valence-electron chi connectivity index (χ3n) is 12.2. The smallest absolute Gasteiger partial charge is 0.338 e. The first-order valence-electron chi connectivity index (χ1n) is 15.3. The number of carbonyl (C=O) groups is 2. The zero-order valence-corrected chi connectivity index (χ0v) is 23.5. The second-order valence-electron chi connectivity index (χ2n) is 13.8. The zero-order chi connectivity index (χ0) is 26.5. The minimum Gasteiger partial charge on any atom is -0.458 e. The minimum atomic E-state index is -0.430. The Morgan fingerprint density at radius 3 is 2.50 bits per heavy atom. The van der Waals surface area contributed by atoms with Crippen LogP contribution >= 0.6 is 0 Å². The Hall–Kier alpha value is -1.72. The molecule has 1 aromatic carbocycles. The number of fused-ring (bicyclic) bond motifs is 5. The molecule has 0 bridgehead atoms. The lowest BCUT2D eigenvalue weighted by Gasteiger charge is -2.63. The molecule has 6 rings (SSSR count). The van der Waals surface area contributed by atoms with E-state index >= 15 is 0 Å². The first-order chi connectivity index (χ1) is 18.3. The SMILES string of the molecule is C[C@H](CCC=O)C1CCC2C3C(CCC21C)C1(C)CCC2(C[C@@H]1C[C@H]3OC(=O)c1ccccc1)OCCO2. The average molecular weight is 523 g/mol. The van der Waals surface area contributed by atoms with Gasteiger partial charge in [0.25, 0.3) is 0 Å². The van der Waals surface area contributed by atoms with Gasteiger partial charge in [0.05, 0.1) is 18.8 Å². The molecule has 0 aromatic heterocycles. The Labute approximate surface area is 228 Å². The van der Waals surface area contributed by atoms with Gasteiger partial charge in [0, 0.05) is 25.2 Å². The average Bonchev–Trinajstić information content (AvgIpc) is 3.52. The Bertz CT molecular complexity index is 1020. The Balaban J connectivity index is 1.32. The molecule has 0 N–H and O–H groups in total. The minimum absolute atomic E-state index is 0.0732. The van der Waals surface area contributed by atoms with Crippen LogP contribution in [0, 0.1) is 46.3 Å². The summed E-state index contributed by atoms with van der Waals surface area (Å²) in [7, 11) is 0. The number of hydrogen-bond donors (Lipinski definition) is 0. The topological polar surface area (TPSA) is 61.8 Å². The summed E-state index contributed by atoms with van der Waals surface area (Å²) < 4.78 is 18.9. The predicted octanol–water partition coefficient (Wildman–Crippen LogP) is 6.84. The Kier molecular flexibility index (Phi) is 7.00. The lowest BCUT2D eigenvalue weighted by atomic mass is 9.43. The van der Waals surface area contributed by atoms with Crippen LogP contribution in [0.15, 0.2) is 30.3 Å². The van der Waals surface area contributed by atoms with Gasteiger partial charge in [-0.15, -0.1) is 0 Å². The van der Waals surface area contributed by atoms with E-state index in [-0.39, 0.29) is 22.9 Å². The van der Waals surface area contributed by atoms with Crippen molar-refractivity contribution in [3.8, 4) is 0 Å². The summed E-state index contributed by atoms with van der Waals surface area (Å²) in [6.07, 6.45) is 11.5. The molecule has 5 heteroatoms. The summed E-state index contributed by atoms with van der Waals surface area (Å²) in [6, 6.07) is 9.51. The van der Waals surface area contributed by atoms with Gasteiger partial charge in [-0.1, -0.05) is 39.0 Å². The number of rotatable bonds is 6. The van der Waals surface area contributed by atoms with Crippen LogP contribution < -0.4 is 0 Å². The van der Waals surface area contributed by atoms with Crippen LogP contribution in [0.25, 0.3) is 0 Å². The van der Waals surface area contributed by atoms with Crippen molar-refractivity contribution < 1.29 is 23.8 Å². The highest BCUT2D eigenvalue weighted by Gasteiger charge is 2.65. The van der Waals surface area contributed by atoms with Crippen molar-refractivity contribution in [2.75, 3.05) is 13.2 Å². The molecule has 9 atom stereocenters. The zero-order valence-electron chi connectivity index (χ0n) is 23.5. The monoisotopic (exact) mass is 522 g/mol. The van der Waals surface area contributed by atoms with Crippen molar-refractivity contribution in [3.63, 3.8) is 0 Å². The van der Waals surface area contributed by atoms with E-state index in [0.717, 1.165) is 38.4 Å². The van der Waals surface area contributed by atoms with Crippen molar-refractivity contribution in [1.82, 2.24) is 0 Å². The second kappa shape index (κ2) is 10.0. The molecule has 1 aliphatic heterocycles. The standard InChI is InChI=1S/C33H46O5/c1-22(8-7-17-34)25-11-12-26-29-27(13-14-32(25,26)3)31(2)15-16-33(36-18-19-37-33)21-24(31)20-28(29)38-30(35)23-9-5-4-6-10-23/h4-6,9-10,17,22,24-29H,7-8,11-16,18-21H2,1-3H3/t22-,24+,25?,26?,27?,28-,29?,31?,32?/m1/s1. The van der Waals surface area contributed by atoms with Gasteiger partial charge in [0.1, 0.15) is 12.4 Å². The van der Waals surface area contributed by atoms with Crippen LogP contribution in [-0.2, 0) is 19.0 Å². The van der Waals surface area contributed by atoms with Crippen LogP contribution in [0.4, 0.5) is 0 Å².